The molecule has 0 aromatic rings. The summed E-state index contributed by atoms with van der Waals surface area (Å²) in [5.74, 6) is 0. The van der Waals surface area contributed by atoms with E-state index in [1.54, 1.807) is 7.05 Å². The summed E-state index contributed by atoms with van der Waals surface area (Å²) < 4.78 is 0. The first kappa shape index (κ1) is 7.45. The summed E-state index contributed by atoms with van der Waals surface area (Å²) >= 11 is 0. The van der Waals surface area contributed by atoms with Gasteiger partial charge in [-0.25, -0.2) is 0 Å². The maximum absolute atomic E-state index is 8.47. The molecule has 0 rings (SSSR count). The summed E-state index contributed by atoms with van der Waals surface area (Å²) in [4.78, 5) is 0. The monoisotopic (exact) mass is 112 g/mol. The molecule has 0 aliphatic heterocycles. The number of hydrogen-bond donors (Lipinski definition) is 1. The predicted molar refractivity (Wildman–Crippen MR) is 33.4 cm³/mol. The average molecular weight is 112 g/mol. The normalized spacial score (nSPS) is 16.8. The Morgan fingerprint density at radius 1 is 1.75 bits per heavy atom. The molecule has 0 fully saturated rings. The van der Waals surface area contributed by atoms with Gasteiger partial charge in [-0.2, -0.15) is 5.26 Å². The molecular weight excluding hydrogens is 100 g/mol. The van der Waals surface area contributed by atoms with Gasteiger partial charge in [-0.05, 0) is 20.4 Å². The van der Waals surface area contributed by atoms with E-state index >= 15 is 0 Å². The summed E-state index contributed by atoms with van der Waals surface area (Å²) in [7, 11) is 1.80. The Kier molecular flexibility index (Phi) is 2.50. The molecule has 1 atom stereocenters. The Balaban J connectivity index is 3.83. The predicted octanol–water partition coefficient (Wildman–Crippen LogP) is 0.898. The van der Waals surface area contributed by atoms with Crippen molar-refractivity contribution in [2.45, 2.75) is 25.8 Å². The van der Waals surface area contributed by atoms with Crippen molar-refractivity contribution < 1.29 is 0 Å². The highest BCUT2D eigenvalue weighted by Crippen LogP contribution is 2.04. The van der Waals surface area contributed by atoms with Gasteiger partial charge in [-0.1, -0.05) is 6.92 Å². The van der Waals surface area contributed by atoms with Gasteiger partial charge in [-0.3, -0.25) is 0 Å². The van der Waals surface area contributed by atoms with Crippen molar-refractivity contribution in [2.75, 3.05) is 7.05 Å². The molecule has 1 N–H and O–H groups in total. The highest BCUT2D eigenvalue weighted by molar-refractivity contribution is 5.01. The molecule has 0 heterocycles. The molecular formula is C6H12N2. The molecule has 0 aliphatic rings. The molecule has 0 aromatic heterocycles. The minimum absolute atomic E-state index is 0.319. The molecule has 0 saturated heterocycles. The fourth-order valence-corrected chi connectivity index (χ4v) is 0.312. The molecule has 2 heteroatoms. The van der Waals surface area contributed by atoms with E-state index < -0.39 is 0 Å². The summed E-state index contributed by atoms with van der Waals surface area (Å²) in [6, 6.07) is 2.17. The molecule has 0 bridgehead atoms. The Hall–Kier alpha value is -0.550. The molecule has 0 radical (unpaired) electrons. The smallest absolute Gasteiger partial charge is 0.103 e. The number of hydrogen-bond acceptors (Lipinski definition) is 2. The van der Waals surface area contributed by atoms with Crippen molar-refractivity contribution in [2.24, 2.45) is 0 Å². The lowest BCUT2D eigenvalue weighted by molar-refractivity contribution is 0.476. The second kappa shape index (κ2) is 2.68. The maximum Gasteiger partial charge on any atom is 0.103 e. The van der Waals surface area contributed by atoms with Gasteiger partial charge in [0, 0.05) is 0 Å². The van der Waals surface area contributed by atoms with Gasteiger partial charge in [0.15, 0.2) is 0 Å². The van der Waals surface area contributed by atoms with Gasteiger partial charge < -0.3 is 5.32 Å². The van der Waals surface area contributed by atoms with Crippen LogP contribution in [0.25, 0.3) is 0 Å². The first-order valence-corrected chi connectivity index (χ1v) is 2.78. The first-order chi connectivity index (χ1) is 3.68. The molecule has 0 saturated carbocycles. The Labute approximate surface area is 50.5 Å². The fourth-order valence-electron chi connectivity index (χ4n) is 0.312. The zero-order chi connectivity index (χ0) is 6.62. The quantitative estimate of drug-likeness (QED) is 0.576. The van der Waals surface area contributed by atoms with Crippen LogP contribution in [0.15, 0.2) is 0 Å². The minimum Gasteiger partial charge on any atom is -0.303 e. The van der Waals surface area contributed by atoms with Crippen LogP contribution < -0.4 is 5.32 Å². The molecule has 0 amide bonds. The van der Waals surface area contributed by atoms with Gasteiger partial charge in [0.2, 0.25) is 0 Å². The van der Waals surface area contributed by atoms with Crippen LogP contribution in [0.3, 0.4) is 0 Å². The Bertz CT molecular complexity index is 97.6. The van der Waals surface area contributed by atoms with Crippen LogP contribution in [0.4, 0.5) is 0 Å². The summed E-state index contributed by atoms with van der Waals surface area (Å²) in [6.45, 7) is 3.87. The fraction of sp³-hybridized carbons (Fsp3) is 0.833. The van der Waals surface area contributed by atoms with E-state index in [1.165, 1.54) is 0 Å². The van der Waals surface area contributed by atoms with E-state index in [9.17, 15) is 0 Å². The van der Waals surface area contributed by atoms with Gasteiger partial charge in [0.05, 0.1) is 6.07 Å². The third-order valence-corrected chi connectivity index (χ3v) is 1.51. The van der Waals surface area contributed by atoms with Gasteiger partial charge in [0.1, 0.15) is 5.54 Å². The highest BCUT2D eigenvalue weighted by atomic mass is 14.9. The highest BCUT2D eigenvalue weighted by Gasteiger charge is 2.16. The summed E-state index contributed by atoms with van der Waals surface area (Å²) in [5.41, 5.74) is -0.319. The van der Waals surface area contributed by atoms with E-state index in [-0.39, 0.29) is 5.54 Å². The van der Waals surface area contributed by atoms with Crippen molar-refractivity contribution in [3.63, 3.8) is 0 Å². The topological polar surface area (TPSA) is 35.8 Å². The SMILES string of the molecule is CCC(C)(C#N)NC. The van der Waals surface area contributed by atoms with E-state index in [4.69, 9.17) is 5.26 Å². The molecule has 0 aliphatic carbocycles. The van der Waals surface area contributed by atoms with Crippen molar-refractivity contribution >= 4 is 0 Å². The maximum atomic E-state index is 8.47. The molecule has 0 spiro atoms. The molecule has 8 heavy (non-hydrogen) atoms. The molecule has 0 aromatic carbocycles. The van der Waals surface area contributed by atoms with Gasteiger partial charge in [0.25, 0.3) is 0 Å². The molecule has 46 valence electrons. The largest absolute Gasteiger partial charge is 0.303 e. The van der Waals surface area contributed by atoms with E-state index in [0.717, 1.165) is 6.42 Å². The Morgan fingerprint density at radius 2 is 2.25 bits per heavy atom. The van der Waals surface area contributed by atoms with Crippen LogP contribution in [0.5, 0.6) is 0 Å². The van der Waals surface area contributed by atoms with Crippen LogP contribution in [0.2, 0.25) is 0 Å². The second-order valence-electron chi connectivity index (χ2n) is 2.05. The number of nitrogens with one attached hydrogen (secondary N) is 1. The Morgan fingerprint density at radius 3 is 2.25 bits per heavy atom. The van der Waals surface area contributed by atoms with E-state index in [1.807, 2.05) is 13.8 Å². The van der Waals surface area contributed by atoms with Gasteiger partial charge >= 0.3 is 0 Å². The lowest BCUT2D eigenvalue weighted by Crippen LogP contribution is -2.36. The second-order valence-corrected chi connectivity index (χ2v) is 2.05. The third kappa shape index (κ3) is 1.51. The van der Waals surface area contributed by atoms with Gasteiger partial charge in [-0.15, -0.1) is 0 Å². The van der Waals surface area contributed by atoms with Crippen molar-refractivity contribution in [1.29, 1.82) is 5.26 Å². The number of rotatable bonds is 2. The van der Waals surface area contributed by atoms with Crippen LogP contribution in [-0.4, -0.2) is 12.6 Å². The third-order valence-electron chi connectivity index (χ3n) is 1.51. The average Bonchev–Trinajstić information content (AvgIpc) is 1.87. The van der Waals surface area contributed by atoms with E-state index in [0.29, 0.717) is 0 Å². The van der Waals surface area contributed by atoms with Crippen LogP contribution in [0.1, 0.15) is 20.3 Å². The summed E-state index contributed by atoms with van der Waals surface area (Å²) in [6.07, 6.45) is 0.847. The van der Waals surface area contributed by atoms with Crippen molar-refractivity contribution in [1.82, 2.24) is 5.32 Å². The molecule has 2 nitrogen and oxygen atoms in total. The summed E-state index contributed by atoms with van der Waals surface area (Å²) in [5, 5.41) is 11.4. The lowest BCUT2D eigenvalue weighted by Gasteiger charge is -2.16. The number of nitriles is 1. The number of nitrogens with zero attached hydrogens (tertiary/aromatic N) is 1. The van der Waals surface area contributed by atoms with Crippen LogP contribution >= 0.6 is 0 Å². The lowest BCUT2D eigenvalue weighted by atomic mass is 10.0. The zero-order valence-corrected chi connectivity index (χ0v) is 5.65. The molecule has 1 unspecified atom stereocenters. The van der Waals surface area contributed by atoms with E-state index in [2.05, 4.69) is 11.4 Å². The van der Waals surface area contributed by atoms with Crippen LogP contribution in [0, 0.1) is 11.3 Å². The standard InChI is InChI=1S/C6H12N2/c1-4-6(2,5-7)8-3/h8H,4H2,1-3H3. The van der Waals surface area contributed by atoms with Crippen molar-refractivity contribution in [3.8, 4) is 6.07 Å². The van der Waals surface area contributed by atoms with Crippen molar-refractivity contribution in [3.05, 3.63) is 0 Å². The van der Waals surface area contributed by atoms with Crippen LogP contribution in [-0.2, 0) is 0 Å². The first-order valence-electron chi connectivity index (χ1n) is 2.78. The zero-order valence-electron chi connectivity index (χ0n) is 5.65. The minimum atomic E-state index is -0.319.